The summed E-state index contributed by atoms with van der Waals surface area (Å²) in [5.74, 6) is 0.479. The van der Waals surface area contributed by atoms with E-state index in [0.717, 1.165) is 36.9 Å². The van der Waals surface area contributed by atoms with Gasteiger partial charge in [0.15, 0.2) is 5.69 Å². The SMILES string of the molecule is C=CC(CC(=O)OC(C)(C)C)NC(=O)c1cc(-c2c(OC)cccc2OC)n(C2CCCC2)n1. The molecule has 34 heavy (non-hydrogen) atoms. The van der Waals surface area contributed by atoms with Crippen LogP contribution in [0.4, 0.5) is 0 Å². The van der Waals surface area contributed by atoms with Gasteiger partial charge in [-0.05, 0) is 51.8 Å². The quantitative estimate of drug-likeness (QED) is 0.423. The van der Waals surface area contributed by atoms with Crippen LogP contribution < -0.4 is 14.8 Å². The molecular weight excluding hydrogens is 434 g/mol. The van der Waals surface area contributed by atoms with Gasteiger partial charge >= 0.3 is 5.97 Å². The van der Waals surface area contributed by atoms with Gasteiger partial charge in [0.2, 0.25) is 0 Å². The molecule has 0 spiro atoms. The third-order valence-corrected chi connectivity index (χ3v) is 5.73. The lowest BCUT2D eigenvalue weighted by molar-refractivity contribution is -0.155. The van der Waals surface area contributed by atoms with Crippen LogP contribution in [0.2, 0.25) is 0 Å². The first-order valence-electron chi connectivity index (χ1n) is 11.6. The number of ether oxygens (including phenoxy) is 3. The van der Waals surface area contributed by atoms with E-state index in [-0.39, 0.29) is 24.1 Å². The largest absolute Gasteiger partial charge is 0.496 e. The van der Waals surface area contributed by atoms with Crippen LogP contribution in [0.25, 0.3) is 11.3 Å². The highest BCUT2D eigenvalue weighted by molar-refractivity contribution is 5.94. The van der Waals surface area contributed by atoms with E-state index in [1.54, 1.807) is 41.1 Å². The molecule has 184 valence electrons. The zero-order chi connectivity index (χ0) is 24.9. The summed E-state index contributed by atoms with van der Waals surface area (Å²) in [6, 6.07) is 6.93. The van der Waals surface area contributed by atoms with Crippen LogP contribution in [0.1, 0.15) is 69.4 Å². The Bertz CT molecular complexity index is 1010. The molecule has 1 saturated carbocycles. The van der Waals surface area contributed by atoms with Crippen molar-refractivity contribution in [1.29, 1.82) is 0 Å². The number of benzene rings is 1. The van der Waals surface area contributed by atoms with Crippen LogP contribution in [0.3, 0.4) is 0 Å². The van der Waals surface area contributed by atoms with Crippen LogP contribution in [0, 0.1) is 0 Å². The van der Waals surface area contributed by atoms with Gasteiger partial charge in [0, 0.05) is 0 Å². The molecule has 0 aliphatic heterocycles. The summed E-state index contributed by atoms with van der Waals surface area (Å²) in [6.45, 7) is 9.16. The summed E-state index contributed by atoms with van der Waals surface area (Å²) >= 11 is 0. The minimum atomic E-state index is -0.602. The average Bonchev–Trinajstić information content (AvgIpc) is 3.46. The van der Waals surface area contributed by atoms with Crippen molar-refractivity contribution in [3.8, 4) is 22.8 Å². The molecule has 1 aliphatic carbocycles. The normalized spacial score (nSPS) is 15.0. The molecule has 1 amide bonds. The molecule has 8 heteroatoms. The first-order chi connectivity index (χ1) is 16.2. The highest BCUT2D eigenvalue weighted by Crippen LogP contribution is 2.41. The second-order valence-corrected chi connectivity index (χ2v) is 9.44. The zero-order valence-corrected chi connectivity index (χ0v) is 20.7. The number of carbonyl (C=O) groups is 2. The number of nitrogens with one attached hydrogen (secondary N) is 1. The number of amides is 1. The summed E-state index contributed by atoms with van der Waals surface area (Å²) in [6.07, 6.45) is 5.72. The fourth-order valence-corrected chi connectivity index (χ4v) is 4.22. The van der Waals surface area contributed by atoms with E-state index in [1.807, 2.05) is 22.9 Å². The number of esters is 1. The molecule has 0 saturated heterocycles. The summed E-state index contributed by atoms with van der Waals surface area (Å²) in [5.41, 5.74) is 1.16. The molecule has 2 aromatic rings. The molecule has 1 aromatic heterocycles. The van der Waals surface area contributed by atoms with Crippen LogP contribution >= 0.6 is 0 Å². The van der Waals surface area contributed by atoms with Gasteiger partial charge in [-0.1, -0.05) is 25.0 Å². The molecule has 1 unspecified atom stereocenters. The highest BCUT2D eigenvalue weighted by Gasteiger charge is 2.28. The van der Waals surface area contributed by atoms with Gasteiger partial charge in [0.25, 0.3) is 5.91 Å². The van der Waals surface area contributed by atoms with Crippen LogP contribution in [0.15, 0.2) is 36.9 Å². The minimum absolute atomic E-state index is 0.0109. The van der Waals surface area contributed by atoms with Crippen LogP contribution in [-0.2, 0) is 9.53 Å². The van der Waals surface area contributed by atoms with Crippen molar-refractivity contribution < 1.29 is 23.8 Å². The Labute approximate surface area is 201 Å². The van der Waals surface area contributed by atoms with Gasteiger partial charge < -0.3 is 19.5 Å². The fraction of sp³-hybridized carbons (Fsp3) is 0.500. The summed E-state index contributed by atoms with van der Waals surface area (Å²) in [7, 11) is 3.21. The van der Waals surface area contributed by atoms with E-state index >= 15 is 0 Å². The van der Waals surface area contributed by atoms with Gasteiger partial charge in [-0.3, -0.25) is 14.3 Å². The third-order valence-electron chi connectivity index (χ3n) is 5.73. The summed E-state index contributed by atoms with van der Waals surface area (Å²) in [5, 5.41) is 7.53. The fourth-order valence-electron chi connectivity index (χ4n) is 4.22. The van der Waals surface area contributed by atoms with Gasteiger partial charge in [-0.2, -0.15) is 5.10 Å². The Morgan fingerprint density at radius 2 is 1.82 bits per heavy atom. The second kappa shape index (κ2) is 10.8. The molecule has 1 fully saturated rings. The average molecular weight is 470 g/mol. The Hall–Kier alpha value is -3.29. The molecule has 1 N–H and O–H groups in total. The zero-order valence-electron chi connectivity index (χ0n) is 20.7. The van der Waals surface area contributed by atoms with E-state index in [0.29, 0.717) is 11.5 Å². The lowest BCUT2D eigenvalue weighted by Gasteiger charge is -2.21. The van der Waals surface area contributed by atoms with Crippen LogP contribution in [0.5, 0.6) is 11.5 Å². The maximum Gasteiger partial charge on any atom is 0.308 e. The van der Waals surface area contributed by atoms with Crippen molar-refractivity contribution >= 4 is 11.9 Å². The Kier molecular flexibility index (Phi) is 8.02. The molecule has 8 nitrogen and oxygen atoms in total. The summed E-state index contributed by atoms with van der Waals surface area (Å²) < 4.78 is 18.5. The van der Waals surface area contributed by atoms with Gasteiger partial charge in [0.05, 0.1) is 44.0 Å². The number of hydrogen-bond acceptors (Lipinski definition) is 6. The number of hydrogen-bond donors (Lipinski definition) is 1. The standard InChI is InChI=1S/C26H35N3O5/c1-7-17(15-23(30)34-26(2,3)4)27-25(31)19-16-20(29(28-19)18-11-8-9-12-18)24-21(32-5)13-10-14-22(24)33-6/h7,10,13-14,16-18H,1,8-9,11-12,15H2,2-6H3,(H,27,31). The van der Waals surface area contributed by atoms with Gasteiger partial charge in [-0.15, -0.1) is 6.58 Å². The minimum Gasteiger partial charge on any atom is -0.496 e. The molecular formula is C26H35N3O5. The van der Waals surface area contributed by atoms with E-state index in [9.17, 15) is 9.59 Å². The van der Waals surface area contributed by atoms with Gasteiger partial charge in [-0.25, -0.2) is 0 Å². The van der Waals surface area contributed by atoms with E-state index < -0.39 is 17.6 Å². The smallest absolute Gasteiger partial charge is 0.308 e. The number of methoxy groups -OCH3 is 2. The van der Waals surface area contributed by atoms with E-state index in [1.165, 1.54) is 6.08 Å². The Morgan fingerprint density at radius 3 is 2.35 bits per heavy atom. The van der Waals surface area contributed by atoms with Crippen molar-refractivity contribution in [3.63, 3.8) is 0 Å². The predicted octanol–water partition coefficient (Wildman–Crippen LogP) is 4.70. The highest BCUT2D eigenvalue weighted by atomic mass is 16.6. The Balaban J connectivity index is 1.92. The second-order valence-electron chi connectivity index (χ2n) is 9.44. The third kappa shape index (κ3) is 5.98. The lowest BCUT2D eigenvalue weighted by atomic mass is 10.1. The van der Waals surface area contributed by atoms with Crippen molar-refractivity contribution in [2.45, 2.75) is 70.6 Å². The van der Waals surface area contributed by atoms with Crippen LogP contribution in [-0.4, -0.2) is 47.5 Å². The topological polar surface area (TPSA) is 91.7 Å². The molecule has 1 atom stereocenters. The molecule has 1 aliphatic rings. The Morgan fingerprint density at radius 1 is 1.21 bits per heavy atom. The van der Waals surface area contributed by atoms with Gasteiger partial charge in [0.1, 0.15) is 17.1 Å². The van der Waals surface area contributed by atoms with Crippen molar-refractivity contribution in [2.75, 3.05) is 14.2 Å². The van der Waals surface area contributed by atoms with Crippen molar-refractivity contribution in [3.05, 3.63) is 42.6 Å². The van der Waals surface area contributed by atoms with E-state index in [4.69, 9.17) is 14.2 Å². The number of nitrogens with zero attached hydrogens (tertiary/aromatic N) is 2. The van der Waals surface area contributed by atoms with E-state index in [2.05, 4.69) is 17.0 Å². The maximum atomic E-state index is 13.2. The predicted molar refractivity (Wildman–Crippen MR) is 130 cm³/mol. The molecule has 1 aromatic carbocycles. The molecule has 0 bridgehead atoms. The molecule has 0 radical (unpaired) electrons. The maximum absolute atomic E-state index is 13.2. The number of rotatable bonds is 9. The molecule has 3 rings (SSSR count). The monoisotopic (exact) mass is 469 g/mol. The molecule has 1 heterocycles. The number of carbonyl (C=O) groups excluding carboxylic acids is 2. The lowest BCUT2D eigenvalue weighted by Crippen LogP contribution is -2.37. The summed E-state index contributed by atoms with van der Waals surface area (Å²) in [4.78, 5) is 25.4. The van der Waals surface area contributed by atoms with Crippen molar-refractivity contribution in [2.24, 2.45) is 0 Å². The first-order valence-corrected chi connectivity index (χ1v) is 11.6. The van der Waals surface area contributed by atoms with Crippen molar-refractivity contribution in [1.82, 2.24) is 15.1 Å². The number of aromatic nitrogens is 2. The first kappa shape index (κ1) is 25.3.